The summed E-state index contributed by atoms with van der Waals surface area (Å²) in [7, 11) is 5.58. The summed E-state index contributed by atoms with van der Waals surface area (Å²) in [5.74, 6) is 2.48. The first-order valence-corrected chi connectivity index (χ1v) is 9.68. The highest BCUT2D eigenvalue weighted by molar-refractivity contribution is 5.92. The van der Waals surface area contributed by atoms with E-state index in [1.165, 1.54) is 0 Å². The molecular weight excluding hydrogens is 354 g/mol. The summed E-state index contributed by atoms with van der Waals surface area (Å²) in [4.78, 5) is 23.5. The zero-order valence-corrected chi connectivity index (χ0v) is 17.0. The molecule has 0 bridgehead atoms. The van der Waals surface area contributed by atoms with E-state index in [0.29, 0.717) is 12.0 Å². The minimum atomic E-state index is 0.0384. The maximum Gasteiger partial charge on any atom is 0.227 e. The van der Waals surface area contributed by atoms with Gasteiger partial charge >= 0.3 is 0 Å². The number of ether oxygens (including phenoxy) is 1. The second-order valence-electron chi connectivity index (χ2n) is 7.51. The molecule has 0 saturated heterocycles. The van der Waals surface area contributed by atoms with Crippen LogP contribution in [0, 0.1) is 12.8 Å². The fraction of sp³-hybridized carbons (Fsp3) is 0.476. The number of carbonyl (C=O) groups excluding carboxylic acids is 1. The van der Waals surface area contributed by atoms with Crippen LogP contribution in [0.15, 0.2) is 30.5 Å². The number of anilines is 3. The normalized spacial score (nSPS) is 19.0. The maximum atomic E-state index is 12.6. The summed E-state index contributed by atoms with van der Waals surface area (Å²) < 4.78 is 5.15. The lowest BCUT2D eigenvalue weighted by Gasteiger charge is -2.28. The van der Waals surface area contributed by atoms with Gasteiger partial charge in [-0.2, -0.15) is 4.98 Å². The molecule has 28 heavy (non-hydrogen) atoms. The summed E-state index contributed by atoms with van der Waals surface area (Å²) in [6.45, 7) is 2.01. The predicted molar refractivity (Wildman–Crippen MR) is 112 cm³/mol. The fourth-order valence-electron chi connectivity index (χ4n) is 3.56. The van der Waals surface area contributed by atoms with Crippen molar-refractivity contribution in [1.29, 1.82) is 0 Å². The van der Waals surface area contributed by atoms with Crippen LogP contribution in [0.2, 0.25) is 0 Å². The Morgan fingerprint density at radius 3 is 2.43 bits per heavy atom. The van der Waals surface area contributed by atoms with Crippen molar-refractivity contribution in [2.45, 2.75) is 38.6 Å². The van der Waals surface area contributed by atoms with E-state index in [0.717, 1.165) is 48.5 Å². The molecule has 0 spiro atoms. The van der Waals surface area contributed by atoms with Gasteiger partial charge in [0.25, 0.3) is 0 Å². The van der Waals surface area contributed by atoms with Gasteiger partial charge < -0.3 is 20.3 Å². The number of amides is 1. The van der Waals surface area contributed by atoms with Gasteiger partial charge in [0.1, 0.15) is 11.6 Å². The number of benzene rings is 1. The monoisotopic (exact) mass is 383 g/mol. The number of carbonyl (C=O) groups is 1. The number of aromatic nitrogens is 2. The first-order chi connectivity index (χ1) is 13.5. The smallest absolute Gasteiger partial charge is 0.227 e. The van der Waals surface area contributed by atoms with Crippen molar-refractivity contribution >= 4 is 23.4 Å². The van der Waals surface area contributed by atoms with E-state index in [2.05, 4.69) is 20.6 Å². The van der Waals surface area contributed by atoms with Gasteiger partial charge in [-0.25, -0.2) is 4.98 Å². The van der Waals surface area contributed by atoms with Crippen LogP contribution in [0.3, 0.4) is 0 Å². The van der Waals surface area contributed by atoms with Crippen LogP contribution in [0.5, 0.6) is 5.75 Å². The van der Waals surface area contributed by atoms with E-state index >= 15 is 0 Å². The van der Waals surface area contributed by atoms with E-state index < -0.39 is 0 Å². The van der Waals surface area contributed by atoms with Gasteiger partial charge in [-0.3, -0.25) is 4.79 Å². The zero-order chi connectivity index (χ0) is 20.1. The lowest BCUT2D eigenvalue weighted by atomic mass is 9.85. The molecule has 0 radical (unpaired) electrons. The second-order valence-corrected chi connectivity index (χ2v) is 7.51. The van der Waals surface area contributed by atoms with E-state index in [9.17, 15) is 4.79 Å². The van der Waals surface area contributed by atoms with Crippen LogP contribution in [-0.2, 0) is 4.79 Å². The molecule has 1 saturated carbocycles. The van der Waals surface area contributed by atoms with Gasteiger partial charge in [0.05, 0.1) is 7.11 Å². The number of nitrogens with zero attached hydrogens (tertiary/aromatic N) is 3. The van der Waals surface area contributed by atoms with E-state index in [-0.39, 0.29) is 11.8 Å². The van der Waals surface area contributed by atoms with E-state index in [1.807, 2.05) is 56.4 Å². The molecule has 2 aromatic rings. The number of aryl methyl sites for hydroxylation is 1. The summed E-state index contributed by atoms with van der Waals surface area (Å²) >= 11 is 0. The van der Waals surface area contributed by atoms with Crippen molar-refractivity contribution < 1.29 is 9.53 Å². The Morgan fingerprint density at radius 2 is 1.82 bits per heavy atom. The molecule has 1 amide bonds. The van der Waals surface area contributed by atoms with Crippen LogP contribution in [0.1, 0.15) is 31.2 Å². The van der Waals surface area contributed by atoms with Crippen molar-refractivity contribution in [3.05, 3.63) is 36.0 Å². The van der Waals surface area contributed by atoms with Crippen LogP contribution in [0.4, 0.5) is 17.5 Å². The highest BCUT2D eigenvalue weighted by atomic mass is 16.5. The lowest BCUT2D eigenvalue weighted by molar-refractivity contribution is -0.120. The molecule has 150 valence electrons. The maximum absolute atomic E-state index is 12.6. The minimum Gasteiger partial charge on any atom is -0.497 e. The largest absolute Gasteiger partial charge is 0.497 e. The predicted octanol–water partition coefficient (Wildman–Crippen LogP) is 3.47. The average molecular weight is 383 g/mol. The Balaban J connectivity index is 1.51. The SMILES string of the molecule is COc1ccc(NC(=O)C2CCC(Nc3ncc(C)c(N(C)C)n3)CC2)cc1. The summed E-state index contributed by atoms with van der Waals surface area (Å²) in [5, 5.41) is 6.44. The average Bonchev–Trinajstić information content (AvgIpc) is 2.70. The van der Waals surface area contributed by atoms with Gasteiger partial charge in [0.2, 0.25) is 11.9 Å². The van der Waals surface area contributed by atoms with Crippen LogP contribution in [0.25, 0.3) is 0 Å². The Labute approximate surface area is 166 Å². The highest BCUT2D eigenvalue weighted by Crippen LogP contribution is 2.28. The van der Waals surface area contributed by atoms with Gasteiger partial charge in [-0.15, -0.1) is 0 Å². The van der Waals surface area contributed by atoms with Crippen molar-refractivity contribution in [3.63, 3.8) is 0 Å². The number of hydrogen-bond acceptors (Lipinski definition) is 6. The summed E-state index contributed by atoms with van der Waals surface area (Å²) in [6.07, 6.45) is 5.40. The molecular formula is C21H29N5O2. The first kappa shape index (κ1) is 19.9. The first-order valence-electron chi connectivity index (χ1n) is 9.68. The van der Waals surface area contributed by atoms with Gasteiger partial charge in [0, 0.05) is 43.5 Å². The molecule has 7 nitrogen and oxygen atoms in total. The molecule has 1 fully saturated rings. The molecule has 7 heteroatoms. The molecule has 2 N–H and O–H groups in total. The summed E-state index contributed by atoms with van der Waals surface area (Å²) in [6, 6.07) is 7.71. The van der Waals surface area contributed by atoms with Crippen molar-refractivity contribution in [2.75, 3.05) is 36.7 Å². The third-order valence-electron chi connectivity index (χ3n) is 5.16. The molecule has 0 unspecified atom stereocenters. The Hall–Kier alpha value is -2.83. The number of nitrogens with one attached hydrogen (secondary N) is 2. The molecule has 1 aliphatic rings. The fourth-order valence-corrected chi connectivity index (χ4v) is 3.56. The topological polar surface area (TPSA) is 79.4 Å². The van der Waals surface area contributed by atoms with E-state index in [1.54, 1.807) is 7.11 Å². The second kappa shape index (κ2) is 8.91. The zero-order valence-electron chi connectivity index (χ0n) is 17.0. The van der Waals surface area contributed by atoms with Crippen molar-refractivity contribution in [2.24, 2.45) is 5.92 Å². The Bertz CT molecular complexity index is 799. The Kier molecular flexibility index (Phi) is 6.34. The molecule has 1 aliphatic carbocycles. The highest BCUT2D eigenvalue weighted by Gasteiger charge is 2.26. The molecule has 0 aliphatic heterocycles. The number of rotatable bonds is 6. The molecule has 1 aromatic heterocycles. The molecule has 1 aromatic carbocycles. The standard InChI is InChI=1S/C21H29N5O2/c1-14-13-22-21(25-19(14)26(2)3)24-17-7-5-15(6-8-17)20(27)23-16-9-11-18(28-4)12-10-16/h9-13,15,17H,5-8H2,1-4H3,(H,23,27)(H,22,24,25). The quantitative estimate of drug-likeness (QED) is 0.795. The van der Waals surface area contributed by atoms with Crippen LogP contribution in [-0.4, -0.2) is 43.1 Å². The number of methoxy groups -OCH3 is 1. The summed E-state index contributed by atoms with van der Waals surface area (Å²) in [5.41, 5.74) is 1.85. The minimum absolute atomic E-state index is 0.0384. The molecule has 1 heterocycles. The number of hydrogen-bond donors (Lipinski definition) is 2. The lowest BCUT2D eigenvalue weighted by Crippen LogP contribution is -2.32. The third-order valence-corrected chi connectivity index (χ3v) is 5.16. The molecule has 3 rings (SSSR count). The molecule has 0 atom stereocenters. The van der Waals surface area contributed by atoms with Crippen molar-refractivity contribution in [1.82, 2.24) is 9.97 Å². The third kappa shape index (κ3) is 4.91. The van der Waals surface area contributed by atoms with Crippen LogP contribution >= 0.6 is 0 Å². The van der Waals surface area contributed by atoms with Crippen molar-refractivity contribution in [3.8, 4) is 5.75 Å². The van der Waals surface area contributed by atoms with Gasteiger partial charge in [0.15, 0.2) is 0 Å². The van der Waals surface area contributed by atoms with Gasteiger partial charge in [-0.1, -0.05) is 0 Å². The van der Waals surface area contributed by atoms with Gasteiger partial charge in [-0.05, 0) is 56.9 Å². The van der Waals surface area contributed by atoms with Crippen LogP contribution < -0.4 is 20.3 Å². The van der Waals surface area contributed by atoms with E-state index in [4.69, 9.17) is 4.74 Å². The Morgan fingerprint density at radius 1 is 1.14 bits per heavy atom.